The molecule has 0 aromatic heterocycles. The van der Waals surface area contributed by atoms with Gasteiger partial charge in [-0.25, -0.2) is 0 Å². The predicted octanol–water partition coefficient (Wildman–Crippen LogP) is 1.68. The van der Waals surface area contributed by atoms with Gasteiger partial charge < -0.3 is 9.59 Å². The van der Waals surface area contributed by atoms with Crippen LogP contribution in [0.3, 0.4) is 0 Å². The summed E-state index contributed by atoms with van der Waals surface area (Å²) < 4.78 is 0. The van der Waals surface area contributed by atoms with Crippen molar-refractivity contribution in [3.8, 4) is 0 Å². The van der Waals surface area contributed by atoms with E-state index in [1.54, 1.807) is 0 Å². The van der Waals surface area contributed by atoms with E-state index in [0.717, 1.165) is 25.4 Å². The second-order valence-corrected chi connectivity index (χ2v) is 3.93. The predicted molar refractivity (Wildman–Crippen MR) is 46.7 cm³/mol. The Morgan fingerprint density at radius 3 is 2.50 bits per heavy atom. The van der Waals surface area contributed by atoms with Gasteiger partial charge in [-0.1, -0.05) is 13.8 Å². The average Bonchev–Trinajstić information content (AvgIpc) is 2.45. The molecule has 0 aromatic carbocycles. The van der Waals surface area contributed by atoms with Crippen LogP contribution in [0.5, 0.6) is 0 Å². The summed E-state index contributed by atoms with van der Waals surface area (Å²) in [5, 5.41) is 0. The molecule has 0 saturated heterocycles. The molecule has 0 radical (unpaired) electrons. The molecule has 1 aliphatic rings. The van der Waals surface area contributed by atoms with Gasteiger partial charge in [-0.2, -0.15) is 0 Å². The third-order valence-electron chi connectivity index (χ3n) is 3.15. The van der Waals surface area contributed by atoms with Crippen LogP contribution in [0.25, 0.3) is 0 Å². The van der Waals surface area contributed by atoms with Crippen molar-refractivity contribution < 1.29 is 9.59 Å². The lowest BCUT2D eigenvalue weighted by Crippen LogP contribution is -2.21. The van der Waals surface area contributed by atoms with Crippen molar-refractivity contribution in [1.29, 1.82) is 0 Å². The maximum Gasteiger partial charge on any atom is 0.123 e. The maximum atomic E-state index is 10.7. The van der Waals surface area contributed by atoms with Crippen LogP contribution >= 0.6 is 0 Å². The molecule has 1 fully saturated rings. The van der Waals surface area contributed by atoms with Crippen molar-refractivity contribution >= 4 is 12.6 Å². The molecule has 0 aromatic rings. The summed E-state index contributed by atoms with van der Waals surface area (Å²) in [5.41, 5.74) is 0. The van der Waals surface area contributed by atoms with Crippen LogP contribution in [0.1, 0.15) is 26.7 Å². The first-order chi connectivity index (χ1) is 5.70. The van der Waals surface area contributed by atoms with Crippen LogP contribution in [-0.2, 0) is 9.59 Å². The normalized spacial score (nSPS) is 37.7. The third-order valence-corrected chi connectivity index (χ3v) is 3.15. The van der Waals surface area contributed by atoms with Gasteiger partial charge in [0.2, 0.25) is 0 Å². The Morgan fingerprint density at radius 1 is 1.33 bits per heavy atom. The highest BCUT2D eigenvalue weighted by atomic mass is 16.1. The fourth-order valence-corrected chi connectivity index (χ4v) is 2.21. The van der Waals surface area contributed by atoms with Crippen LogP contribution < -0.4 is 0 Å². The summed E-state index contributed by atoms with van der Waals surface area (Å²) in [6.45, 7) is 4.00. The van der Waals surface area contributed by atoms with E-state index in [-0.39, 0.29) is 11.8 Å². The van der Waals surface area contributed by atoms with Gasteiger partial charge in [0.25, 0.3) is 0 Å². The van der Waals surface area contributed by atoms with Gasteiger partial charge >= 0.3 is 0 Å². The quantitative estimate of drug-likeness (QED) is 0.601. The molecule has 0 spiro atoms. The monoisotopic (exact) mass is 168 g/mol. The largest absolute Gasteiger partial charge is 0.303 e. The highest BCUT2D eigenvalue weighted by Gasteiger charge is 2.35. The Bertz CT molecular complexity index is 177. The Labute approximate surface area is 73.3 Å². The van der Waals surface area contributed by atoms with Crippen molar-refractivity contribution in [3.63, 3.8) is 0 Å². The molecule has 1 rings (SSSR count). The van der Waals surface area contributed by atoms with E-state index >= 15 is 0 Å². The zero-order chi connectivity index (χ0) is 9.14. The fourth-order valence-electron chi connectivity index (χ4n) is 2.21. The van der Waals surface area contributed by atoms with E-state index in [2.05, 4.69) is 6.92 Å². The van der Waals surface area contributed by atoms with E-state index < -0.39 is 0 Å². The van der Waals surface area contributed by atoms with Gasteiger partial charge in [0.05, 0.1) is 0 Å². The smallest absolute Gasteiger partial charge is 0.123 e. The minimum absolute atomic E-state index is 0.0464. The van der Waals surface area contributed by atoms with Gasteiger partial charge in [-0.3, -0.25) is 0 Å². The zero-order valence-corrected chi connectivity index (χ0v) is 7.69. The van der Waals surface area contributed by atoms with E-state index in [9.17, 15) is 9.59 Å². The van der Waals surface area contributed by atoms with Crippen molar-refractivity contribution in [2.45, 2.75) is 26.7 Å². The Balaban J connectivity index is 2.65. The molecule has 1 aliphatic carbocycles. The minimum Gasteiger partial charge on any atom is -0.303 e. The second-order valence-electron chi connectivity index (χ2n) is 3.93. The summed E-state index contributed by atoms with van der Waals surface area (Å²) in [7, 11) is 0. The molecule has 2 nitrogen and oxygen atoms in total. The molecule has 12 heavy (non-hydrogen) atoms. The molecule has 2 heteroatoms. The number of hydrogen-bond acceptors (Lipinski definition) is 2. The van der Waals surface area contributed by atoms with E-state index in [0.29, 0.717) is 11.8 Å². The van der Waals surface area contributed by atoms with Crippen molar-refractivity contribution in [3.05, 3.63) is 0 Å². The van der Waals surface area contributed by atoms with E-state index in [4.69, 9.17) is 0 Å². The third kappa shape index (κ3) is 1.57. The zero-order valence-electron chi connectivity index (χ0n) is 7.69. The number of hydrogen-bond donors (Lipinski definition) is 0. The van der Waals surface area contributed by atoms with Gasteiger partial charge in [0, 0.05) is 11.8 Å². The summed E-state index contributed by atoms with van der Waals surface area (Å²) in [6.07, 6.45) is 4.12. The Kier molecular flexibility index (Phi) is 3.01. The lowest BCUT2D eigenvalue weighted by Gasteiger charge is -2.19. The highest BCUT2D eigenvalue weighted by Crippen LogP contribution is 2.39. The number of aldehydes is 2. The van der Waals surface area contributed by atoms with E-state index in [1.807, 2.05) is 6.92 Å². The first-order valence-electron chi connectivity index (χ1n) is 4.61. The van der Waals surface area contributed by atoms with Crippen molar-refractivity contribution in [2.24, 2.45) is 23.7 Å². The molecule has 0 bridgehead atoms. The van der Waals surface area contributed by atoms with Crippen LogP contribution in [0.4, 0.5) is 0 Å². The first kappa shape index (κ1) is 9.43. The molecular weight excluding hydrogens is 152 g/mol. The molecule has 1 saturated carbocycles. The lowest BCUT2D eigenvalue weighted by molar-refractivity contribution is -0.116. The van der Waals surface area contributed by atoms with Gasteiger partial charge in [-0.05, 0) is 24.7 Å². The van der Waals surface area contributed by atoms with Crippen molar-refractivity contribution in [2.75, 3.05) is 0 Å². The number of carbonyl (C=O) groups is 2. The fraction of sp³-hybridized carbons (Fsp3) is 0.800. The second kappa shape index (κ2) is 3.83. The molecule has 0 aliphatic heterocycles. The van der Waals surface area contributed by atoms with Gasteiger partial charge in [-0.15, -0.1) is 0 Å². The maximum absolute atomic E-state index is 10.7. The van der Waals surface area contributed by atoms with E-state index in [1.165, 1.54) is 0 Å². The molecule has 1 unspecified atom stereocenters. The highest BCUT2D eigenvalue weighted by molar-refractivity contribution is 5.59. The summed E-state index contributed by atoms with van der Waals surface area (Å²) >= 11 is 0. The molecule has 0 heterocycles. The Hall–Kier alpha value is -0.660. The summed E-state index contributed by atoms with van der Waals surface area (Å²) in [4.78, 5) is 21.3. The summed E-state index contributed by atoms with van der Waals surface area (Å²) in [5.74, 6) is 0.931. The van der Waals surface area contributed by atoms with Gasteiger partial charge in [0.1, 0.15) is 12.6 Å². The van der Waals surface area contributed by atoms with Gasteiger partial charge in [0.15, 0.2) is 0 Å². The van der Waals surface area contributed by atoms with Crippen LogP contribution in [0.2, 0.25) is 0 Å². The summed E-state index contributed by atoms with van der Waals surface area (Å²) in [6, 6.07) is 0. The standard InChI is InChI=1S/C10H16O2/c1-7-3-4-9(8(2)5-11)10(7)6-12/h5-10H,3-4H2,1-2H3/t7?,8-,9-,10-/m0/s1. The topological polar surface area (TPSA) is 34.1 Å². The SMILES string of the molecule is CC1CC[C@@H]([C@@H](C)C=O)[C@H]1C=O. The van der Waals surface area contributed by atoms with Crippen LogP contribution in [-0.4, -0.2) is 12.6 Å². The molecule has 0 amide bonds. The Morgan fingerprint density at radius 2 is 2.00 bits per heavy atom. The number of carbonyl (C=O) groups excluding carboxylic acids is 2. The van der Waals surface area contributed by atoms with Crippen molar-refractivity contribution in [1.82, 2.24) is 0 Å². The lowest BCUT2D eigenvalue weighted by atomic mass is 9.84. The number of rotatable bonds is 3. The van der Waals surface area contributed by atoms with Crippen LogP contribution in [0.15, 0.2) is 0 Å². The van der Waals surface area contributed by atoms with Crippen LogP contribution in [0, 0.1) is 23.7 Å². The minimum atomic E-state index is 0.0464. The molecular formula is C10H16O2. The average molecular weight is 168 g/mol. The molecule has 4 atom stereocenters. The first-order valence-corrected chi connectivity index (χ1v) is 4.61. The molecule has 0 N–H and O–H groups in total. The molecule has 68 valence electrons.